The van der Waals surface area contributed by atoms with Gasteiger partial charge in [-0.05, 0) is 56.7 Å². The normalized spacial score (nSPS) is 10.5. The van der Waals surface area contributed by atoms with E-state index >= 15 is 0 Å². The number of aryl methyl sites for hydroxylation is 3. The van der Waals surface area contributed by atoms with E-state index in [2.05, 4.69) is 15.0 Å². The minimum atomic E-state index is 0.582. The smallest absolute Gasteiger partial charge is 0.194 e. The predicted octanol–water partition coefficient (Wildman–Crippen LogP) is 3.07. The Morgan fingerprint density at radius 3 is 2.26 bits per heavy atom. The highest BCUT2D eigenvalue weighted by Gasteiger charge is 2.09. The molecule has 0 aliphatic heterocycles. The molecular weight excluding hydrogens is 258 g/mol. The van der Waals surface area contributed by atoms with Crippen molar-refractivity contribution in [2.45, 2.75) is 37.9 Å². The molecule has 0 saturated carbocycles. The van der Waals surface area contributed by atoms with E-state index < -0.39 is 0 Å². The van der Waals surface area contributed by atoms with Crippen LogP contribution in [0.1, 0.15) is 32.9 Å². The summed E-state index contributed by atoms with van der Waals surface area (Å²) in [5, 5.41) is 1.52. The summed E-state index contributed by atoms with van der Waals surface area (Å²) in [6.45, 7) is 7.89. The molecule has 2 aromatic rings. The summed E-state index contributed by atoms with van der Waals surface area (Å²) in [6.07, 6.45) is 2.36. The van der Waals surface area contributed by atoms with Crippen LogP contribution in [0, 0.1) is 27.7 Å². The van der Waals surface area contributed by atoms with Crippen LogP contribution in [-0.2, 0) is 0 Å². The molecule has 0 unspecified atom stereocenters. The van der Waals surface area contributed by atoms with Gasteiger partial charge in [0.2, 0.25) is 0 Å². The molecule has 0 atom stereocenters. The van der Waals surface area contributed by atoms with Gasteiger partial charge in [-0.1, -0.05) is 0 Å². The number of nitrogens with zero attached hydrogens (tertiary/aromatic N) is 3. The molecule has 5 heteroatoms. The molecule has 2 rings (SSSR count). The van der Waals surface area contributed by atoms with Crippen LogP contribution in [0.4, 0.5) is 0 Å². The standard InChI is InChI=1S/C14H15N3OS/c1-8-5-12(7-18)6-15-13(8)19-14-16-10(3)9(2)11(4)17-14/h5-7H,1-4H3. The van der Waals surface area contributed by atoms with Crippen LogP contribution in [0.25, 0.3) is 0 Å². The van der Waals surface area contributed by atoms with E-state index in [1.54, 1.807) is 6.20 Å². The van der Waals surface area contributed by atoms with Crippen LogP contribution in [0.3, 0.4) is 0 Å². The van der Waals surface area contributed by atoms with Crippen LogP contribution in [0.5, 0.6) is 0 Å². The highest BCUT2D eigenvalue weighted by molar-refractivity contribution is 7.99. The van der Waals surface area contributed by atoms with Gasteiger partial charge in [0.25, 0.3) is 0 Å². The first kappa shape index (κ1) is 13.7. The Morgan fingerprint density at radius 2 is 1.74 bits per heavy atom. The Bertz CT molecular complexity index is 618. The fraction of sp³-hybridized carbons (Fsp3) is 0.286. The molecule has 2 aromatic heterocycles. The third kappa shape index (κ3) is 2.98. The van der Waals surface area contributed by atoms with Crippen molar-refractivity contribution >= 4 is 18.0 Å². The van der Waals surface area contributed by atoms with Gasteiger partial charge in [0, 0.05) is 23.1 Å². The SMILES string of the molecule is Cc1cc(C=O)cnc1Sc1nc(C)c(C)c(C)n1. The van der Waals surface area contributed by atoms with Crippen molar-refractivity contribution in [1.29, 1.82) is 0 Å². The number of carbonyl (C=O) groups excluding carboxylic acids is 1. The van der Waals surface area contributed by atoms with Gasteiger partial charge in [0.05, 0.1) is 0 Å². The Morgan fingerprint density at radius 1 is 1.11 bits per heavy atom. The molecular formula is C14H15N3OS. The maximum Gasteiger partial charge on any atom is 0.194 e. The van der Waals surface area contributed by atoms with Crippen LogP contribution in [0.15, 0.2) is 22.4 Å². The van der Waals surface area contributed by atoms with E-state index in [1.165, 1.54) is 11.8 Å². The van der Waals surface area contributed by atoms with Gasteiger partial charge >= 0.3 is 0 Å². The number of hydrogen-bond acceptors (Lipinski definition) is 5. The molecule has 0 saturated heterocycles. The summed E-state index contributed by atoms with van der Waals surface area (Å²) < 4.78 is 0. The van der Waals surface area contributed by atoms with Crippen LogP contribution >= 0.6 is 11.8 Å². The average Bonchev–Trinajstić information content (AvgIpc) is 2.38. The molecule has 4 nitrogen and oxygen atoms in total. The summed E-state index contributed by atoms with van der Waals surface area (Å²) in [6, 6.07) is 1.82. The number of carbonyl (C=O) groups is 1. The second kappa shape index (κ2) is 5.48. The molecule has 0 fully saturated rings. The van der Waals surface area contributed by atoms with Crippen molar-refractivity contribution in [2.24, 2.45) is 0 Å². The molecule has 0 aliphatic rings. The fourth-order valence-electron chi connectivity index (χ4n) is 1.63. The quantitative estimate of drug-likeness (QED) is 0.635. The summed E-state index contributed by atoms with van der Waals surface area (Å²) in [5.74, 6) is 0. The Balaban J connectivity index is 2.33. The Kier molecular flexibility index (Phi) is 3.95. The second-order valence-corrected chi connectivity index (χ2v) is 5.37. The lowest BCUT2D eigenvalue weighted by Gasteiger charge is -2.07. The maximum absolute atomic E-state index is 10.7. The Hall–Kier alpha value is -1.75. The predicted molar refractivity (Wildman–Crippen MR) is 74.7 cm³/mol. The first-order valence-electron chi connectivity index (χ1n) is 5.92. The zero-order chi connectivity index (χ0) is 14.0. The lowest BCUT2D eigenvalue weighted by atomic mass is 10.2. The molecule has 19 heavy (non-hydrogen) atoms. The number of aldehydes is 1. The van der Waals surface area contributed by atoms with E-state index in [4.69, 9.17) is 0 Å². The van der Waals surface area contributed by atoms with Crippen molar-refractivity contribution in [1.82, 2.24) is 15.0 Å². The monoisotopic (exact) mass is 273 g/mol. The van der Waals surface area contributed by atoms with E-state index in [9.17, 15) is 4.79 Å². The minimum absolute atomic E-state index is 0.582. The molecule has 0 radical (unpaired) electrons. The van der Waals surface area contributed by atoms with Crippen molar-refractivity contribution in [3.63, 3.8) is 0 Å². The minimum Gasteiger partial charge on any atom is -0.298 e. The average molecular weight is 273 g/mol. The molecule has 0 aliphatic carbocycles. The van der Waals surface area contributed by atoms with E-state index in [1.807, 2.05) is 33.8 Å². The third-order valence-electron chi connectivity index (χ3n) is 2.99. The molecule has 98 valence electrons. The van der Waals surface area contributed by atoms with Crippen molar-refractivity contribution in [3.05, 3.63) is 40.3 Å². The fourth-order valence-corrected chi connectivity index (χ4v) is 2.49. The number of pyridine rings is 1. The van der Waals surface area contributed by atoms with E-state index in [0.29, 0.717) is 10.7 Å². The van der Waals surface area contributed by atoms with Gasteiger partial charge < -0.3 is 0 Å². The Labute approximate surface area is 116 Å². The zero-order valence-electron chi connectivity index (χ0n) is 11.4. The largest absolute Gasteiger partial charge is 0.298 e. The lowest BCUT2D eigenvalue weighted by Crippen LogP contribution is -1.99. The number of rotatable bonds is 3. The van der Waals surface area contributed by atoms with Gasteiger partial charge in [-0.25, -0.2) is 15.0 Å². The molecule has 0 aromatic carbocycles. The van der Waals surface area contributed by atoms with Gasteiger partial charge in [-0.15, -0.1) is 0 Å². The molecule has 0 amide bonds. The highest BCUT2D eigenvalue weighted by atomic mass is 32.2. The second-order valence-electron chi connectivity index (χ2n) is 4.41. The summed E-state index contributed by atoms with van der Waals surface area (Å²) >= 11 is 1.42. The number of hydrogen-bond donors (Lipinski definition) is 0. The highest BCUT2D eigenvalue weighted by Crippen LogP contribution is 2.27. The molecule has 0 spiro atoms. The number of aromatic nitrogens is 3. The first-order valence-corrected chi connectivity index (χ1v) is 6.74. The topological polar surface area (TPSA) is 55.7 Å². The van der Waals surface area contributed by atoms with Gasteiger partial charge in [-0.2, -0.15) is 0 Å². The van der Waals surface area contributed by atoms with Gasteiger partial charge in [0.15, 0.2) is 11.4 Å². The van der Waals surface area contributed by atoms with Crippen molar-refractivity contribution in [3.8, 4) is 0 Å². The van der Waals surface area contributed by atoms with E-state index in [-0.39, 0.29) is 0 Å². The summed E-state index contributed by atoms with van der Waals surface area (Å²) in [4.78, 5) is 23.9. The third-order valence-corrected chi connectivity index (χ3v) is 3.97. The van der Waals surface area contributed by atoms with Gasteiger partial charge in [-0.3, -0.25) is 4.79 Å². The first-order chi connectivity index (χ1) is 9.01. The summed E-state index contributed by atoms with van der Waals surface area (Å²) in [7, 11) is 0. The summed E-state index contributed by atoms with van der Waals surface area (Å²) in [5.41, 5.74) is 4.62. The van der Waals surface area contributed by atoms with Gasteiger partial charge in [0.1, 0.15) is 5.03 Å². The van der Waals surface area contributed by atoms with Crippen LogP contribution < -0.4 is 0 Å². The maximum atomic E-state index is 10.7. The molecule has 0 bridgehead atoms. The van der Waals surface area contributed by atoms with Crippen molar-refractivity contribution < 1.29 is 4.79 Å². The zero-order valence-corrected chi connectivity index (χ0v) is 12.2. The van der Waals surface area contributed by atoms with Crippen molar-refractivity contribution in [2.75, 3.05) is 0 Å². The van der Waals surface area contributed by atoms with Crippen LogP contribution in [-0.4, -0.2) is 21.2 Å². The van der Waals surface area contributed by atoms with E-state index in [0.717, 1.165) is 33.8 Å². The molecule has 2 heterocycles. The molecule has 0 N–H and O–H groups in total. The lowest BCUT2D eigenvalue weighted by molar-refractivity contribution is 0.112. The van der Waals surface area contributed by atoms with Crippen LogP contribution in [0.2, 0.25) is 0 Å².